The Morgan fingerprint density at radius 3 is 2.68 bits per heavy atom. The van der Waals surface area contributed by atoms with Crippen molar-refractivity contribution in [2.24, 2.45) is 0 Å². The zero-order valence-corrected chi connectivity index (χ0v) is 14.3. The lowest BCUT2D eigenvalue weighted by molar-refractivity contribution is -0.137. The minimum absolute atomic E-state index is 0.00653. The maximum absolute atomic E-state index is 13.1. The van der Waals surface area contributed by atoms with E-state index in [9.17, 15) is 18.0 Å². The number of hydrogen-bond donors (Lipinski definition) is 1. The van der Waals surface area contributed by atoms with Gasteiger partial charge in [0.05, 0.1) is 22.5 Å². The number of halogens is 3. The van der Waals surface area contributed by atoms with Crippen LogP contribution in [0.4, 0.5) is 18.9 Å². The van der Waals surface area contributed by atoms with Crippen molar-refractivity contribution < 1.29 is 18.0 Å². The van der Waals surface area contributed by atoms with E-state index in [1.165, 1.54) is 21.6 Å². The Bertz CT molecular complexity index is 1130. The van der Waals surface area contributed by atoms with Crippen LogP contribution in [0, 0.1) is 0 Å². The van der Waals surface area contributed by atoms with Crippen molar-refractivity contribution in [2.45, 2.75) is 12.7 Å². The Kier molecular flexibility index (Phi) is 4.30. The van der Waals surface area contributed by atoms with Crippen LogP contribution in [-0.4, -0.2) is 30.7 Å². The molecule has 0 aliphatic rings. The van der Waals surface area contributed by atoms with Gasteiger partial charge in [0.1, 0.15) is 12.1 Å². The summed E-state index contributed by atoms with van der Waals surface area (Å²) in [5, 5.41) is 14.4. The quantitative estimate of drug-likeness (QED) is 0.584. The molecule has 10 heteroatoms. The number of amides is 1. The second kappa shape index (κ2) is 6.80. The average Bonchev–Trinajstić information content (AvgIpc) is 3.31. The third-order valence-corrected chi connectivity index (χ3v) is 4.06. The van der Waals surface area contributed by atoms with Crippen molar-refractivity contribution in [1.82, 2.24) is 24.8 Å². The second-order valence-corrected chi connectivity index (χ2v) is 5.96. The molecule has 0 spiro atoms. The van der Waals surface area contributed by atoms with E-state index in [-0.39, 0.29) is 12.2 Å². The number of anilines is 1. The topological polar surface area (TPSA) is 77.6 Å². The molecule has 4 rings (SSSR count). The van der Waals surface area contributed by atoms with E-state index in [2.05, 4.69) is 20.7 Å². The van der Waals surface area contributed by atoms with Crippen LogP contribution in [0.25, 0.3) is 16.7 Å². The van der Waals surface area contributed by atoms with Gasteiger partial charge in [-0.1, -0.05) is 17.3 Å². The SMILES string of the molecule is O=C(Cn1nnc2ccccc21)Nc1cc(C(F)(F)F)ccc1-n1cccn1. The number of fused-ring (bicyclic) bond motifs is 1. The number of carbonyl (C=O) groups is 1. The van der Waals surface area contributed by atoms with Gasteiger partial charge in [0.25, 0.3) is 0 Å². The molecule has 1 amide bonds. The summed E-state index contributed by atoms with van der Waals surface area (Å²) in [6.45, 7) is -0.199. The highest BCUT2D eigenvalue weighted by Gasteiger charge is 2.31. The van der Waals surface area contributed by atoms with Crippen molar-refractivity contribution in [3.8, 4) is 5.69 Å². The van der Waals surface area contributed by atoms with Crippen molar-refractivity contribution >= 4 is 22.6 Å². The van der Waals surface area contributed by atoms with Crippen LogP contribution in [0.5, 0.6) is 0 Å². The summed E-state index contributed by atoms with van der Waals surface area (Å²) < 4.78 is 42.1. The summed E-state index contributed by atoms with van der Waals surface area (Å²) in [6.07, 6.45) is -1.47. The Labute approximate surface area is 156 Å². The molecular formula is C18H13F3N6O. The predicted octanol–water partition coefficient (Wildman–Crippen LogP) is 3.27. The fraction of sp³-hybridized carbons (Fsp3) is 0.111. The molecule has 7 nitrogen and oxygen atoms in total. The second-order valence-electron chi connectivity index (χ2n) is 5.96. The van der Waals surface area contributed by atoms with E-state index in [1.807, 2.05) is 0 Å². The van der Waals surface area contributed by atoms with E-state index in [4.69, 9.17) is 0 Å². The monoisotopic (exact) mass is 386 g/mol. The zero-order chi connectivity index (χ0) is 19.7. The molecule has 1 N–H and O–H groups in total. The zero-order valence-electron chi connectivity index (χ0n) is 14.3. The number of nitrogens with one attached hydrogen (secondary N) is 1. The molecule has 2 heterocycles. The number of alkyl halides is 3. The molecule has 2 aromatic heterocycles. The highest BCUT2D eigenvalue weighted by Crippen LogP contribution is 2.33. The van der Waals surface area contributed by atoms with Crippen LogP contribution in [0.15, 0.2) is 60.9 Å². The first-order chi connectivity index (χ1) is 13.4. The van der Waals surface area contributed by atoms with Gasteiger partial charge in [-0.3, -0.25) is 4.79 Å². The third kappa shape index (κ3) is 3.43. The van der Waals surface area contributed by atoms with Crippen molar-refractivity contribution in [2.75, 3.05) is 5.32 Å². The lowest BCUT2D eigenvalue weighted by atomic mass is 10.1. The number of rotatable bonds is 4. The maximum atomic E-state index is 13.1. The van der Waals surface area contributed by atoms with Gasteiger partial charge in [0, 0.05) is 12.4 Å². The van der Waals surface area contributed by atoms with Crippen LogP contribution in [0.1, 0.15) is 5.56 Å². The van der Waals surface area contributed by atoms with E-state index in [0.29, 0.717) is 16.7 Å². The molecule has 0 saturated carbocycles. The molecule has 0 saturated heterocycles. The molecular weight excluding hydrogens is 373 g/mol. The van der Waals surface area contributed by atoms with Crippen LogP contribution in [0.3, 0.4) is 0 Å². The largest absolute Gasteiger partial charge is 0.416 e. The number of hydrogen-bond acceptors (Lipinski definition) is 4. The van der Waals surface area contributed by atoms with Gasteiger partial charge in [-0.2, -0.15) is 18.3 Å². The predicted molar refractivity (Wildman–Crippen MR) is 94.7 cm³/mol. The fourth-order valence-electron chi connectivity index (χ4n) is 2.78. The molecule has 0 aliphatic heterocycles. The Morgan fingerprint density at radius 2 is 1.93 bits per heavy atom. The van der Waals surface area contributed by atoms with Crippen molar-refractivity contribution in [3.05, 3.63) is 66.5 Å². The van der Waals surface area contributed by atoms with Crippen molar-refractivity contribution in [3.63, 3.8) is 0 Å². The summed E-state index contributed by atoms with van der Waals surface area (Å²) in [7, 11) is 0. The number of para-hydroxylation sites is 1. The summed E-state index contributed by atoms with van der Waals surface area (Å²) >= 11 is 0. The number of benzene rings is 2. The molecule has 4 aromatic rings. The van der Waals surface area contributed by atoms with Gasteiger partial charge in [-0.15, -0.1) is 5.10 Å². The molecule has 0 radical (unpaired) electrons. The first kappa shape index (κ1) is 17.7. The lowest BCUT2D eigenvalue weighted by Crippen LogP contribution is -2.21. The smallest absolute Gasteiger partial charge is 0.323 e. The van der Waals surface area contributed by atoms with Gasteiger partial charge < -0.3 is 5.32 Å². The fourth-order valence-corrected chi connectivity index (χ4v) is 2.78. The van der Waals surface area contributed by atoms with Crippen molar-refractivity contribution in [1.29, 1.82) is 0 Å². The molecule has 0 fully saturated rings. The van der Waals surface area contributed by atoms with Gasteiger partial charge in [0.2, 0.25) is 5.91 Å². The highest BCUT2D eigenvalue weighted by atomic mass is 19.4. The summed E-state index contributed by atoms with van der Waals surface area (Å²) in [5.74, 6) is -0.539. The van der Waals surface area contributed by atoms with Gasteiger partial charge in [0.15, 0.2) is 0 Å². The summed E-state index contributed by atoms with van der Waals surface area (Å²) in [4.78, 5) is 12.5. The van der Waals surface area contributed by atoms with Crippen LogP contribution in [-0.2, 0) is 17.5 Å². The lowest BCUT2D eigenvalue weighted by Gasteiger charge is -2.14. The van der Waals surface area contributed by atoms with E-state index in [1.54, 1.807) is 36.5 Å². The third-order valence-electron chi connectivity index (χ3n) is 4.06. The minimum Gasteiger partial charge on any atom is -0.323 e. The number of aromatic nitrogens is 5. The molecule has 0 aliphatic carbocycles. The molecule has 0 unspecified atom stereocenters. The van der Waals surface area contributed by atoms with E-state index in [0.717, 1.165) is 12.1 Å². The average molecular weight is 386 g/mol. The van der Waals surface area contributed by atoms with Crippen LogP contribution >= 0.6 is 0 Å². The standard InChI is InChI=1S/C18H13F3N6O/c19-18(20,21)12-6-7-16(26-9-3-8-22-26)14(10-12)23-17(28)11-27-15-5-2-1-4-13(15)24-25-27/h1-10H,11H2,(H,23,28). The maximum Gasteiger partial charge on any atom is 0.416 e. The molecule has 142 valence electrons. The summed E-state index contributed by atoms with van der Waals surface area (Å²) in [6, 6.07) is 11.8. The molecule has 0 bridgehead atoms. The molecule has 0 atom stereocenters. The Hall–Kier alpha value is -3.69. The summed E-state index contributed by atoms with van der Waals surface area (Å²) in [5.41, 5.74) is 0.702. The molecule has 28 heavy (non-hydrogen) atoms. The highest BCUT2D eigenvalue weighted by molar-refractivity contribution is 5.93. The van der Waals surface area contributed by atoms with E-state index >= 15 is 0 Å². The first-order valence-corrected chi connectivity index (χ1v) is 8.21. The first-order valence-electron chi connectivity index (χ1n) is 8.21. The van der Waals surface area contributed by atoms with Crippen LogP contribution < -0.4 is 5.32 Å². The number of carbonyl (C=O) groups excluding carboxylic acids is 1. The number of nitrogens with zero attached hydrogens (tertiary/aromatic N) is 5. The normalized spacial score (nSPS) is 11.7. The van der Waals surface area contributed by atoms with E-state index < -0.39 is 17.6 Å². The van der Waals surface area contributed by atoms with Crippen LogP contribution in [0.2, 0.25) is 0 Å². The molecule has 2 aromatic carbocycles. The minimum atomic E-state index is -4.54. The Balaban J connectivity index is 1.64. The van der Waals surface area contributed by atoms with Gasteiger partial charge in [-0.05, 0) is 36.4 Å². The Morgan fingerprint density at radius 1 is 1.11 bits per heavy atom. The van der Waals surface area contributed by atoms with Gasteiger partial charge >= 0.3 is 6.18 Å². The van der Waals surface area contributed by atoms with Gasteiger partial charge in [-0.25, -0.2) is 9.36 Å².